The Bertz CT molecular complexity index is 1130. The molecule has 32 heavy (non-hydrogen) atoms. The highest BCUT2D eigenvalue weighted by molar-refractivity contribution is 6.58. The van der Waals surface area contributed by atoms with Gasteiger partial charge < -0.3 is 20.5 Å². The summed E-state index contributed by atoms with van der Waals surface area (Å²) in [6.07, 6.45) is 5.29. The van der Waals surface area contributed by atoms with Gasteiger partial charge in [0.1, 0.15) is 53.0 Å². The Balaban J connectivity index is 1.65. The molecule has 0 aliphatic heterocycles. The van der Waals surface area contributed by atoms with Crippen LogP contribution in [0.5, 0.6) is 11.5 Å². The van der Waals surface area contributed by atoms with Gasteiger partial charge in [0.2, 0.25) is 0 Å². The van der Waals surface area contributed by atoms with E-state index in [2.05, 4.69) is 25.5 Å². The minimum atomic E-state index is -1.89. The number of ether oxygens (including phenoxy) is 2. The summed E-state index contributed by atoms with van der Waals surface area (Å²) in [5.41, 5.74) is 7.38. The molecule has 1 saturated carbocycles. The van der Waals surface area contributed by atoms with Crippen molar-refractivity contribution in [3.63, 3.8) is 0 Å². The zero-order valence-corrected chi connectivity index (χ0v) is 17.2. The average Bonchev–Trinajstić information content (AvgIpc) is 3.36. The molecule has 1 aliphatic rings. The molecule has 2 heterocycles. The molecule has 3 aromatic rings. The molecule has 154 valence electrons. The second-order valence-corrected chi connectivity index (χ2v) is 7.59. The molecule has 0 bridgehead atoms. The quantitative estimate of drug-likeness (QED) is 0.486. The largest absolute Gasteiger partial charge is 0.515 e. The smallest absolute Gasteiger partial charge is 0.158 e. The summed E-state index contributed by atoms with van der Waals surface area (Å²) in [4.78, 5) is 8.10. The Labute approximate surface area is 189 Å². The van der Waals surface area contributed by atoms with Crippen LogP contribution in [0, 0.1) is 11.3 Å². The number of anilines is 2. The second-order valence-electron chi connectivity index (χ2n) is 7.59. The predicted molar refractivity (Wildman–Crippen MR) is 121 cm³/mol. The van der Waals surface area contributed by atoms with Crippen LogP contribution >= 0.6 is 0 Å². The maximum Gasteiger partial charge on any atom is 0.158 e. The van der Waals surface area contributed by atoms with E-state index in [1.54, 1.807) is 18.2 Å². The molecule has 0 spiro atoms. The van der Waals surface area contributed by atoms with Crippen LogP contribution in [0.15, 0.2) is 36.7 Å². The topological polar surface area (TPSA) is 135 Å². The molecular formula is C20H18B3N7O2. The number of aromatic nitrogens is 4. The van der Waals surface area contributed by atoms with Crippen LogP contribution < -0.4 is 20.5 Å². The molecule has 6 radical (unpaired) electrons. The van der Waals surface area contributed by atoms with E-state index < -0.39 is 5.30 Å². The van der Waals surface area contributed by atoms with Gasteiger partial charge in [0.05, 0.1) is 23.7 Å². The Morgan fingerprint density at radius 1 is 1.16 bits per heavy atom. The summed E-state index contributed by atoms with van der Waals surface area (Å²) < 4.78 is 11.8. The van der Waals surface area contributed by atoms with Crippen LogP contribution in [0.25, 0.3) is 11.3 Å². The molecule has 0 saturated heterocycles. The van der Waals surface area contributed by atoms with E-state index in [4.69, 9.17) is 44.0 Å². The number of benzene rings is 1. The van der Waals surface area contributed by atoms with E-state index in [1.807, 2.05) is 12.1 Å². The van der Waals surface area contributed by atoms with Crippen LogP contribution in [0.1, 0.15) is 25.0 Å². The highest BCUT2D eigenvalue weighted by Crippen LogP contribution is 2.40. The fourth-order valence-corrected chi connectivity index (χ4v) is 3.51. The van der Waals surface area contributed by atoms with Gasteiger partial charge in [-0.15, -0.1) is 0 Å². The Morgan fingerprint density at radius 3 is 2.62 bits per heavy atom. The summed E-state index contributed by atoms with van der Waals surface area (Å²) in [7, 11) is 17.0. The molecule has 2 aromatic heterocycles. The third kappa shape index (κ3) is 5.24. The number of nitrogens with zero attached hydrogens (tertiary/aromatic N) is 4. The third-order valence-corrected chi connectivity index (χ3v) is 4.86. The third-order valence-electron chi connectivity index (χ3n) is 4.86. The molecule has 0 unspecified atom stereocenters. The highest BCUT2D eigenvalue weighted by atomic mass is 16.5. The molecule has 12 heteroatoms. The molecule has 0 amide bonds. The van der Waals surface area contributed by atoms with Gasteiger partial charge in [-0.3, -0.25) is 5.10 Å². The van der Waals surface area contributed by atoms with Crippen molar-refractivity contribution in [3.05, 3.63) is 42.4 Å². The molecular weight excluding hydrogens is 403 g/mol. The van der Waals surface area contributed by atoms with Gasteiger partial charge in [-0.1, -0.05) is 6.07 Å². The van der Waals surface area contributed by atoms with Crippen molar-refractivity contribution >= 4 is 35.2 Å². The summed E-state index contributed by atoms with van der Waals surface area (Å²) in [5.74, 6) is 1.76. The number of rotatable bonds is 7. The first-order valence-electron chi connectivity index (χ1n) is 9.96. The van der Waals surface area contributed by atoms with E-state index in [0.717, 1.165) is 19.3 Å². The van der Waals surface area contributed by atoms with Crippen molar-refractivity contribution in [1.29, 1.82) is 5.26 Å². The monoisotopic (exact) mass is 421 g/mol. The lowest BCUT2D eigenvalue weighted by atomic mass is 9.52. The number of aromatic amines is 1. The zero-order valence-electron chi connectivity index (χ0n) is 17.2. The maximum atomic E-state index is 8.85. The first-order valence-corrected chi connectivity index (χ1v) is 9.96. The molecule has 1 aliphatic carbocycles. The maximum absolute atomic E-state index is 8.85. The summed E-state index contributed by atoms with van der Waals surface area (Å²) in [6, 6.07) is 9.03. The molecule has 1 fully saturated rings. The van der Waals surface area contributed by atoms with Gasteiger partial charge in [-0.2, -0.15) is 10.4 Å². The molecule has 4 rings (SSSR count). The summed E-state index contributed by atoms with van der Waals surface area (Å²) in [5, 5.41) is 17.2. The van der Waals surface area contributed by atoms with Gasteiger partial charge in [0.25, 0.3) is 0 Å². The van der Waals surface area contributed by atoms with Crippen molar-refractivity contribution in [3.8, 4) is 28.8 Å². The second kappa shape index (κ2) is 8.97. The fourth-order valence-electron chi connectivity index (χ4n) is 3.51. The standard InChI is InChI=1S/C20H18B3N7O2/c21-20(22,23)32-16-3-1-2-15(31-13-5-4-11(25)6-13)19(16)14-7-17(30-29-14)28-18-10-26-12(8-24)9-27-18/h1-3,7,9-11,13H,4-6,25H2,(H2,27,28,29,30)/t11-,13+/m0/s1. The summed E-state index contributed by atoms with van der Waals surface area (Å²) >= 11 is 0. The lowest BCUT2D eigenvalue weighted by molar-refractivity contribution is 0.208. The van der Waals surface area contributed by atoms with Crippen molar-refractivity contribution in [2.45, 2.75) is 36.7 Å². The van der Waals surface area contributed by atoms with Crippen molar-refractivity contribution < 1.29 is 9.47 Å². The summed E-state index contributed by atoms with van der Waals surface area (Å²) in [6.45, 7) is 0. The highest BCUT2D eigenvalue weighted by Gasteiger charge is 2.26. The average molecular weight is 421 g/mol. The Hall–Kier alpha value is -3.45. The fraction of sp³-hybridized carbons (Fsp3) is 0.300. The number of nitrogens with two attached hydrogens (primary N) is 1. The molecule has 1 aromatic carbocycles. The minimum Gasteiger partial charge on any atom is -0.515 e. The first-order chi connectivity index (χ1) is 15.3. The minimum absolute atomic E-state index is 0.0215. The number of hydrogen-bond acceptors (Lipinski definition) is 8. The molecule has 4 N–H and O–H groups in total. The Kier molecular flexibility index (Phi) is 6.10. The van der Waals surface area contributed by atoms with E-state index >= 15 is 0 Å². The van der Waals surface area contributed by atoms with Gasteiger partial charge >= 0.3 is 0 Å². The van der Waals surface area contributed by atoms with Crippen LogP contribution in [0.3, 0.4) is 0 Å². The van der Waals surface area contributed by atoms with Gasteiger partial charge in [-0.05, 0) is 36.7 Å². The molecule has 2 atom stereocenters. The van der Waals surface area contributed by atoms with Crippen molar-refractivity contribution in [2.75, 3.05) is 5.32 Å². The normalized spacial score (nSPS) is 18.1. The van der Waals surface area contributed by atoms with Crippen LogP contribution in [0.2, 0.25) is 0 Å². The Morgan fingerprint density at radius 2 is 1.97 bits per heavy atom. The number of nitrogens with one attached hydrogen (secondary N) is 2. The van der Waals surface area contributed by atoms with Crippen LogP contribution in [-0.4, -0.2) is 61.1 Å². The SMILES string of the molecule is [B]C([B])([B])Oc1cccc(O[C@@H]2CC[C@H](N)C2)c1-c1cc(Nc2cnc(C#N)cn2)n[nH]1. The lowest BCUT2D eigenvalue weighted by Crippen LogP contribution is -2.37. The zero-order chi connectivity index (χ0) is 22.7. The lowest BCUT2D eigenvalue weighted by Gasteiger charge is -2.26. The van der Waals surface area contributed by atoms with E-state index in [0.29, 0.717) is 34.4 Å². The predicted octanol–water partition coefficient (Wildman–Crippen LogP) is 1.24. The van der Waals surface area contributed by atoms with Crippen molar-refractivity contribution in [2.24, 2.45) is 5.73 Å². The van der Waals surface area contributed by atoms with E-state index in [-0.39, 0.29) is 17.8 Å². The van der Waals surface area contributed by atoms with Gasteiger partial charge in [-0.25, -0.2) is 9.97 Å². The van der Waals surface area contributed by atoms with E-state index in [1.165, 1.54) is 12.4 Å². The number of hydrogen-bond donors (Lipinski definition) is 3. The van der Waals surface area contributed by atoms with Gasteiger partial charge in [0, 0.05) is 12.1 Å². The van der Waals surface area contributed by atoms with E-state index in [9.17, 15) is 0 Å². The van der Waals surface area contributed by atoms with Crippen LogP contribution in [0.4, 0.5) is 11.6 Å². The van der Waals surface area contributed by atoms with Crippen LogP contribution in [-0.2, 0) is 0 Å². The molecule has 9 nitrogen and oxygen atoms in total. The number of H-pyrrole nitrogens is 1. The van der Waals surface area contributed by atoms with Crippen molar-refractivity contribution in [1.82, 2.24) is 20.2 Å². The van der Waals surface area contributed by atoms with Gasteiger partial charge in [0.15, 0.2) is 11.5 Å². The first kappa shape index (κ1) is 21.8. The number of nitriles is 1.